The van der Waals surface area contributed by atoms with Crippen LogP contribution in [0.5, 0.6) is 0 Å². The number of carbonyl (C=O) groups is 1. The van der Waals surface area contributed by atoms with Crippen LogP contribution in [-0.4, -0.2) is 31.1 Å². The second-order valence-electron chi connectivity index (χ2n) is 7.81. The highest BCUT2D eigenvalue weighted by Crippen LogP contribution is 2.43. The maximum atomic E-state index is 13.1. The molecule has 1 fully saturated rings. The lowest BCUT2D eigenvalue weighted by molar-refractivity contribution is -0.141. The molecule has 1 saturated carbocycles. The molecular weight excluding hydrogens is 373 g/mol. The molecule has 9 heteroatoms. The topological polar surface area (TPSA) is 80.0 Å². The average Bonchev–Trinajstić information content (AvgIpc) is 2.95. The Hall–Kier alpha value is -2.16. The Balaban J connectivity index is 2.02. The molecular formula is C19H25F3N4O2. The van der Waals surface area contributed by atoms with Crippen molar-refractivity contribution in [3.63, 3.8) is 0 Å². The minimum absolute atomic E-state index is 0.105. The summed E-state index contributed by atoms with van der Waals surface area (Å²) in [6.07, 6.45) is -1.38. The predicted molar refractivity (Wildman–Crippen MR) is 98.8 cm³/mol. The van der Waals surface area contributed by atoms with Crippen LogP contribution in [0, 0.1) is 0 Å². The van der Waals surface area contributed by atoms with Crippen molar-refractivity contribution in [2.75, 3.05) is 5.32 Å². The van der Waals surface area contributed by atoms with Gasteiger partial charge in [-0.2, -0.15) is 13.2 Å². The summed E-state index contributed by atoms with van der Waals surface area (Å²) in [6, 6.07) is 2.16. The zero-order chi connectivity index (χ0) is 20.7. The monoisotopic (exact) mass is 398 g/mol. The van der Waals surface area contributed by atoms with E-state index in [4.69, 9.17) is 0 Å². The summed E-state index contributed by atoms with van der Waals surface area (Å²) in [5.41, 5.74) is -2.18. The van der Waals surface area contributed by atoms with Crippen LogP contribution >= 0.6 is 0 Å². The second kappa shape index (κ2) is 7.02. The number of aromatic nitrogens is 3. The van der Waals surface area contributed by atoms with Gasteiger partial charge in [0, 0.05) is 5.54 Å². The fourth-order valence-electron chi connectivity index (χ4n) is 3.59. The fraction of sp³-hybridized carbons (Fsp3) is 0.632. The molecule has 0 radical (unpaired) electrons. The van der Waals surface area contributed by atoms with Gasteiger partial charge in [0.1, 0.15) is 11.2 Å². The van der Waals surface area contributed by atoms with Crippen molar-refractivity contribution in [3.8, 4) is 0 Å². The van der Waals surface area contributed by atoms with E-state index < -0.39 is 28.9 Å². The first-order valence-electron chi connectivity index (χ1n) is 9.51. The predicted octanol–water partition coefficient (Wildman–Crippen LogP) is 4.23. The number of hydrogen-bond acceptors (Lipinski definition) is 4. The molecule has 1 amide bonds. The van der Waals surface area contributed by atoms with Gasteiger partial charge in [0.2, 0.25) is 11.9 Å². The molecule has 0 bridgehead atoms. The molecule has 0 unspecified atom stereocenters. The Labute approximate surface area is 161 Å². The second-order valence-corrected chi connectivity index (χ2v) is 7.81. The molecule has 154 valence electrons. The molecule has 6 nitrogen and oxygen atoms in total. The number of imidazole rings is 1. The van der Waals surface area contributed by atoms with Gasteiger partial charge in [-0.25, -0.2) is 9.97 Å². The van der Waals surface area contributed by atoms with E-state index in [2.05, 4.69) is 15.3 Å². The highest BCUT2D eigenvalue weighted by molar-refractivity contribution is 5.91. The van der Waals surface area contributed by atoms with E-state index in [1.54, 1.807) is 18.4 Å². The molecule has 0 atom stereocenters. The Morgan fingerprint density at radius 1 is 1.25 bits per heavy atom. The van der Waals surface area contributed by atoms with Crippen molar-refractivity contribution in [3.05, 3.63) is 17.8 Å². The van der Waals surface area contributed by atoms with Gasteiger partial charge in [0.05, 0.1) is 12.0 Å². The molecule has 0 saturated heterocycles. The maximum Gasteiger partial charge on any atom is 0.433 e. The Kier molecular flexibility index (Phi) is 5.16. The summed E-state index contributed by atoms with van der Waals surface area (Å²) in [5.74, 6) is -0.259. The van der Waals surface area contributed by atoms with Crippen molar-refractivity contribution >= 4 is 23.0 Å². The summed E-state index contributed by atoms with van der Waals surface area (Å²) in [5, 5.41) is 13.1. The standard InChI is InChI=1S/C19H25F3N4O2/c1-4-18(28,5-2)11-14(27)25-16-23-12-7-8-13(19(20,21)22)24-15(12)26(16)17(3)9-6-10-17/h7-8,28H,4-6,9-11H2,1-3H3,(H,23,25,27). The molecule has 2 heterocycles. The lowest BCUT2D eigenvalue weighted by atomic mass is 9.78. The number of pyridine rings is 1. The molecule has 1 aliphatic carbocycles. The van der Waals surface area contributed by atoms with Crippen molar-refractivity contribution in [1.29, 1.82) is 0 Å². The van der Waals surface area contributed by atoms with Gasteiger partial charge in [0.15, 0.2) is 5.65 Å². The number of halogens is 3. The number of amides is 1. The van der Waals surface area contributed by atoms with Crippen molar-refractivity contribution in [2.45, 2.75) is 76.6 Å². The van der Waals surface area contributed by atoms with Gasteiger partial charge >= 0.3 is 6.18 Å². The Bertz CT molecular complexity index is 883. The van der Waals surface area contributed by atoms with E-state index in [0.717, 1.165) is 25.3 Å². The summed E-state index contributed by atoms with van der Waals surface area (Å²) in [6.45, 7) is 5.51. The number of aliphatic hydroxyl groups is 1. The summed E-state index contributed by atoms with van der Waals surface area (Å²) < 4.78 is 41.0. The van der Waals surface area contributed by atoms with Crippen LogP contribution in [0.25, 0.3) is 11.2 Å². The summed E-state index contributed by atoms with van der Waals surface area (Å²) in [7, 11) is 0. The zero-order valence-corrected chi connectivity index (χ0v) is 16.2. The van der Waals surface area contributed by atoms with E-state index >= 15 is 0 Å². The first kappa shape index (κ1) is 20.6. The van der Waals surface area contributed by atoms with E-state index in [-0.39, 0.29) is 23.5 Å². The smallest absolute Gasteiger partial charge is 0.389 e. The third-order valence-electron chi connectivity index (χ3n) is 5.82. The molecule has 0 spiro atoms. The van der Waals surface area contributed by atoms with Crippen LogP contribution in [0.3, 0.4) is 0 Å². The van der Waals surface area contributed by atoms with Gasteiger partial charge in [-0.1, -0.05) is 13.8 Å². The molecule has 0 aromatic carbocycles. The number of nitrogens with zero attached hydrogens (tertiary/aromatic N) is 3. The molecule has 2 aromatic rings. The van der Waals surface area contributed by atoms with Crippen LogP contribution in [0.2, 0.25) is 0 Å². The number of carbonyl (C=O) groups excluding carboxylic acids is 1. The summed E-state index contributed by atoms with van der Waals surface area (Å²) in [4.78, 5) is 20.6. The number of anilines is 1. The van der Waals surface area contributed by atoms with Crippen LogP contribution in [-0.2, 0) is 16.5 Å². The number of rotatable bonds is 6. The molecule has 28 heavy (non-hydrogen) atoms. The number of hydrogen-bond donors (Lipinski definition) is 2. The first-order valence-corrected chi connectivity index (χ1v) is 9.51. The summed E-state index contributed by atoms with van der Waals surface area (Å²) >= 11 is 0. The lowest BCUT2D eigenvalue weighted by Gasteiger charge is -2.40. The minimum atomic E-state index is -4.56. The Morgan fingerprint density at radius 2 is 1.89 bits per heavy atom. The van der Waals surface area contributed by atoms with E-state index in [9.17, 15) is 23.1 Å². The SMILES string of the molecule is CCC(O)(CC)CC(=O)Nc1nc2ccc(C(F)(F)F)nc2n1C1(C)CCC1. The van der Waals surface area contributed by atoms with Gasteiger partial charge in [-0.15, -0.1) is 0 Å². The minimum Gasteiger partial charge on any atom is -0.389 e. The maximum absolute atomic E-state index is 13.1. The molecule has 1 aliphatic rings. The normalized spacial score (nSPS) is 16.8. The van der Waals surface area contributed by atoms with Gasteiger partial charge in [0.25, 0.3) is 0 Å². The van der Waals surface area contributed by atoms with Gasteiger partial charge < -0.3 is 5.11 Å². The van der Waals surface area contributed by atoms with Crippen molar-refractivity contribution in [2.24, 2.45) is 0 Å². The van der Waals surface area contributed by atoms with Crippen LogP contribution in [0.15, 0.2) is 12.1 Å². The molecule has 3 rings (SSSR count). The van der Waals surface area contributed by atoms with E-state index in [1.807, 2.05) is 6.92 Å². The van der Waals surface area contributed by atoms with Crippen LogP contribution in [0.1, 0.15) is 65.0 Å². The molecule has 2 N–H and O–H groups in total. The molecule has 0 aliphatic heterocycles. The van der Waals surface area contributed by atoms with E-state index in [1.165, 1.54) is 6.07 Å². The lowest BCUT2D eigenvalue weighted by Crippen LogP contribution is -2.39. The zero-order valence-electron chi connectivity index (χ0n) is 16.2. The van der Waals surface area contributed by atoms with Crippen molar-refractivity contribution in [1.82, 2.24) is 14.5 Å². The fourth-order valence-corrected chi connectivity index (χ4v) is 3.59. The highest BCUT2D eigenvalue weighted by Gasteiger charge is 2.39. The number of nitrogens with one attached hydrogen (secondary N) is 1. The van der Waals surface area contributed by atoms with Gasteiger partial charge in [-0.3, -0.25) is 14.7 Å². The van der Waals surface area contributed by atoms with Crippen LogP contribution in [0.4, 0.5) is 19.1 Å². The van der Waals surface area contributed by atoms with Crippen LogP contribution < -0.4 is 5.32 Å². The molecule has 2 aromatic heterocycles. The Morgan fingerprint density at radius 3 is 2.39 bits per heavy atom. The average molecular weight is 398 g/mol. The van der Waals surface area contributed by atoms with Crippen molar-refractivity contribution < 1.29 is 23.1 Å². The van der Waals surface area contributed by atoms with Gasteiger partial charge in [-0.05, 0) is 51.2 Å². The third-order valence-corrected chi connectivity index (χ3v) is 5.82. The first-order chi connectivity index (χ1) is 13.0. The quantitative estimate of drug-likeness (QED) is 0.763. The highest BCUT2D eigenvalue weighted by atomic mass is 19.4. The largest absolute Gasteiger partial charge is 0.433 e. The number of alkyl halides is 3. The number of fused-ring (bicyclic) bond motifs is 1. The van der Waals surface area contributed by atoms with E-state index in [0.29, 0.717) is 12.8 Å². The third kappa shape index (κ3) is 3.72.